The lowest BCUT2D eigenvalue weighted by Gasteiger charge is -2.35. The summed E-state index contributed by atoms with van der Waals surface area (Å²) in [7, 11) is 0. The van der Waals surface area contributed by atoms with E-state index in [1.54, 1.807) is 21.9 Å². The molecule has 0 spiro atoms. The van der Waals surface area contributed by atoms with E-state index in [0.29, 0.717) is 19.6 Å². The van der Waals surface area contributed by atoms with Gasteiger partial charge in [0, 0.05) is 32.6 Å². The molecule has 1 aromatic carbocycles. The molecular weight excluding hydrogens is 349 g/mol. The van der Waals surface area contributed by atoms with E-state index in [4.69, 9.17) is 4.74 Å². The van der Waals surface area contributed by atoms with Gasteiger partial charge < -0.3 is 19.9 Å². The number of nitrogens with zero attached hydrogens (tertiary/aromatic N) is 2. The largest absolute Gasteiger partial charge is 0.372 e. The second-order valence-electron chi connectivity index (χ2n) is 7.05. The molecule has 1 fully saturated rings. The maximum Gasteiger partial charge on any atom is 0.317 e. The van der Waals surface area contributed by atoms with Gasteiger partial charge in [0.05, 0.1) is 18.2 Å². The Labute approximate surface area is 160 Å². The lowest BCUT2D eigenvalue weighted by atomic mass is 10.1. The smallest absolute Gasteiger partial charge is 0.317 e. The van der Waals surface area contributed by atoms with E-state index in [1.165, 1.54) is 12.1 Å². The van der Waals surface area contributed by atoms with Crippen molar-refractivity contribution < 1.29 is 18.7 Å². The first-order valence-corrected chi connectivity index (χ1v) is 9.55. The van der Waals surface area contributed by atoms with Crippen molar-refractivity contribution in [2.75, 3.05) is 26.2 Å². The predicted molar refractivity (Wildman–Crippen MR) is 102 cm³/mol. The molecule has 27 heavy (non-hydrogen) atoms. The minimum Gasteiger partial charge on any atom is -0.372 e. The third-order valence-electron chi connectivity index (χ3n) is 4.81. The number of rotatable bonds is 6. The molecule has 1 aliphatic heterocycles. The van der Waals surface area contributed by atoms with Crippen LogP contribution in [-0.2, 0) is 9.53 Å². The summed E-state index contributed by atoms with van der Waals surface area (Å²) in [6, 6.07) is 5.72. The molecule has 1 heterocycles. The second kappa shape index (κ2) is 9.69. The standard InChI is InChI=1S/C20H30FN3O3/c1-5-24(16(4)17-6-8-18(21)9-7-17)20(26)22-11-10-19(25)23-12-14(2)27-15(3)13-23/h6-9,14-16H,5,10-13H2,1-4H3,(H,22,26)/t14-,15+,16-/m0/s1. The molecular formula is C20H30FN3O3. The Hall–Kier alpha value is -2.15. The fraction of sp³-hybridized carbons (Fsp3) is 0.600. The van der Waals surface area contributed by atoms with Crippen LogP contribution in [0.4, 0.5) is 9.18 Å². The summed E-state index contributed by atoms with van der Waals surface area (Å²) in [5, 5.41) is 2.82. The van der Waals surface area contributed by atoms with E-state index in [-0.39, 0.29) is 49.0 Å². The van der Waals surface area contributed by atoms with Crippen molar-refractivity contribution >= 4 is 11.9 Å². The molecule has 1 saturated heterocycles. The summed E-state index contributed by atoms with van der Waals surface area (Å²) in [6.45, 7) is 9.65. The average molecular weight is 379 g/mol. The number of urea groups is 1. The van der Waals surface area contributed by atoms with Crippen LogP contribution >= 0.6 is 0 Å². The number of hydrogen-bond acceptors (Lipinski definition) is 3. The first-order valence-electron chi connectivity index (χ1n) is 9.55. The van der Waals surface area contributed by atoms with Gasteiger partial charge in [0.25, 0.3) is 0 Å². The normalized spacial score (nSPS) is 20.9. The van der Waals surface area contributed by atoms with Crippen molar-refractivity contribution in [1.29, 1.82) is 0 Å². The summed E-state index contributed by atoms with van der Waals surface area (Å²) >= 11 is 0. The number of hydrogen-bond donors (Lipinski definition) is 1. The van der Waals surface area contributed by atoms with Crippen LogP contribution < -0.4 is 5.32 Å². The van der Waals surface area contributed by atoms with Crippen LogP contribution in [-0.4, -0.2) is 60.1 Å². The van der Waals surface area contributed by atoms with Crippen LogP contribution in [0.2, 0.25) is 0 Å². The number of carbonyl (C=O) groups is 2. The summed E-state index contributed by atoms with van der Waals surface area (Å²) < 4.78 is 18.7. The zero-order valence-electron chi connectivity index (χ0n) is 16.6. The van der Waals surface area contributed by atoms with Crippen molar-refractivity contribution in [1.82, 2.24) is 15.1 Å². The van der Waals surface area contributed by atoms with E-state index in [9.17, 15) is 14.0 Å². The lowest BCUT2D eigenvalue weighted by Crippen LogP contribution is -2.49. The van der Waals surface area contributed by atoms with Crippen molar-refractivity contribution in [2.45, 2.75) is 52.4 Å². The fourth-order valence-electron chi connectivity index (χ4n) is 3.43. The first kappa shape index (κ1) is 21.2. The summed E-state index contributed by atoms with van der Waals surface area (Å²) in [5.74, 6) is -0.282. The van der Waals surface area contributed by atoms with Gasteiger partial charge in [0.2, 0.25) is 5.91 Å². The first-order chi connectivity index (χ1) is 12.8. The Kier molecular flexibility index (Phi) is 7.59. The van der Waals surface area contributed by atoms with Gasteiger partial charge in [-0.1, -0.05) is 12.1 Å². The topological polar surface area (TPSA) is 61.9 Å². The van der Waals surface area contributed by atoms with E-state index in [2.05, 4.69) is 5.32 Å². The molecule has 3 atom stereocenters. The maximum atomic E-state index is 13.1. The predicted octanol–water partition coefficient (Wildman–Crippen LogP) is 2.94. The molecule has 0 unspecified atom stereocenters. The fourth-order valence-corrected chi connectivity index (χ4v) is 3.43. The van der Waals surface area contributed by atoms with Crippen LogP contribution in [0.1, 0.15) is 45.7 Å². The number of nitrogens with one attached hydrogen (secondary N) is 1. The van der Waals surface area contributed by atoms with E-state index in [1.807, 2.05) is 27.7 Å². The van der Waals surface area contributed by atoms with Gasteiger partial charge in [-0.2, -0.15) is 0 Å². The number of morpholine rings is 1. The van der Waals surface area contributed by atoms with E-state index in [0.717, 1.165) is 5.56 Å². The van der Waals surface area contributed by atoms with Crippen LogP contribution in [0, 0.1) is 5.82 Å². The molecule has 0 aromatic heterocycles. The van der Waals surface area contributed by atoms with Crippen molar-refractivity contribution in [3.63, 3.8) is 0 Å². The van der Waals surface area contributed by atoms with Crippen LogP contribution in [0.25, 0.3) is 0 Å². The van der Waals surface area contributed by atoms with Gasteiger partial charge in [-0.25, -0.2) is 9.18 Å². The molecule has 6 nitrogen and oxygen atoms in total. The van der Waals surface area contributed by atoms with Crippen LogP contribution in [0.5, 0.6) is 0 Å². The average Bonchev–Trinajstić information content (AvgIpc) is 2.62. The van der Waals surface area contributed by atoms with E-state index < -0.39 is 0 Å². The molecule has 3 amide bonds. The highest BCUT2D eigenvalue weighted by Crippen LogP contribution is 2.20. The third kappa shape index (κ3) is 5.92. The number of ether oxygens (including phenoxy) is 1. The molecule has 0 radical (unpaired) electrons. The minimum atomic E-state index is -0.302. The molecule has 0 bridgehead atoms. The van der Waals surface area contributed by atoms with Crippen molar-refractivity contribution in [3.05, 3.63) is 35.6 Å². The SMILES string of the molecule is CCN(C(=O)NCCC(=O)N1C[C@@H](C)O[C@@H](C)C1)[C@@H](C)c1ccc(F)cc1. The van der Waals surface area contributed by atoms with E-state index >= 15 is 0 Å². The zero-order chi connectivity index (χ0) is 20.0. The monoisotopic (exact) mass is 379 g/mol. The van der Waals surface area contributed by atoms with Gasteiger partial charge >= 0.3 is 6.03 Å². The molecule has 2 rings (SSSR count). The van der Waals surface area contributed by atoms with Crippen molar-refractivity contribution in [2.24, 2.45) is 0 Å². The van der Waals surface area contributed by atoms with Gasteiger partial charge in [0.15, 0.2) is 0 Å². The van der Waals surface area contributed by atoms with Gasteiger partial charge in [-0.3, -0.25) is 4.79 Å². The summed E-state index contributed by atoms with van der Waals surface area (Å²) in [5.41, 5.74) is 0.862. The Balaban J connectivity index is 1.84. The maximum absolute atomic E-state index is 13.1. The quantitative estimate of drug-likeness (QED) is 0.827. The van der Waals surface area contributed by atoms with Gasteiger partial charge in [0.1, 0.15) is 5.82 Å². The Morgan fingerprint density at radius 3 is 2.41 bits per heavy atom. The Morgan fingerprint density at radius 2 is 1.85 bits per heavy atom. The minimum absolute atomic E-state index is 0.0203. The highest BCUT2D eigenvalue weighted by atomic mass is 19.1. The van der Waals surface area contributed by atoms with Crippen molar-refractivity contribution in [3.8, 4) is 0 Å². The highest BCUT2D eigenvalue weighted by molar-refractivity contribution is 5.78. The number of benzene rings is 1. The molecule has 7 heteroatoms. The molecule has 150 valence electrons. The number of halogens is 1. The molecule has 1 aliphatic rings. The van der Waals surface area contributed by atoms with Crippen LogP contribution in [0.15, 0.2) is 24.3 Å². The van der Waals surface area contributed by atoms with Gasteiger partial charge in [-0.05, 0) is 45.4 Å². The molecule has 1 N–H and O–H groups in total. The Bertz CT molecular complexity index is 628. The number of carbonyl (C=O) groups excluding carboxylic acids is 2. The molecule has 1 aromatic rings. The summed E-state index contributed by atoms with van der Waals surface area (Å²) in [6.07, 6.45) is 0.312. The Morgan fingerprint density at radius 1 is 1.26 bits per heavy atom. The number of amides is 3. The summed E-state index contributed by atoms with van der Waals surface area (Å²) in [4.78, 5) is 28.3. The highest BCUT2D eigenvalue weighted by Gasteiger charge is 2.26. The zero-order valence-corrected chi connectivity index (χ0v) is 16.6. The molecule has 0 saturated carbocycles. The molecule has 0 aliphatic carbocycles. The third-order valence-corrected chi connectivity index (χ3v) is 4.81. The lowest BCUT2D eigenvalue weighted by molar-refractivity contribution is -0.143. The van der Waals surface area contributed by atoms with Crippen LogP contribution in [0.3, 0.4) is 0 Å². The van der Waals surface area contributed by atoms with Gasteiger partial charge in [-0.15, -0.1) is 0 Å². The second-order valence-corrected chi connectivity index (χ2v) is 7.05.